The summed E-state index contributed by atoms with van der Waals surface area (Å²) in [5.41, 5.74) is -3.33. The fourth-order valence-corrected chi connectivity index (χ4v) is 17.6. The maximum absolute atomic E-state index is 13.3. The molecule has 4 saturated carbocycles. The maximum Gasteiger partial charge on any atom is 0.335 e. The first kappa shape index (κ1) is 70.2. The molecule has 8 fully saturated rings. The van der Waals surface area contributed by atoms with E-state index in [2.05, 4.69) is 26.8 Å². The molecular formula is C63H98O26. The highest BCUT2D eigenvalue weighted by atomic mass is 16.8. The Kier molecular flexibility index (Phi) is 20.4. The molecule has 13 N–H and O–H groups in total. The molecule has 4 saturated heterocycles. The third kappa shape index (κ3) is 11.6. The van der Waals surface area contributed by atoms with Crippen molar-refractivity contribution in [3.8, 4) is 0 Å². The van der Waals surface area contributed by atoms with E-state index in [0.29, 0.717) is 38.5 Å². The van der Waals surface area contributed by atoms with E-state index in [1.54, 1.807) is 33.8 Å². The zero-order valence-corrected chi connectivity index (χ0v) is 52.9. The number of ether oxygens (including phenoxy) is 10. The normalized spacial score (nSPS) is 49.7. The van der Waals surface area contributed by atoms with Gasteiger partial charge in [-0.25, -0.2) is 14.4 Å². The number of allylic oxidation sites excluding steroid dienone is 4. The van der Waals surface area contributed by atoms with Crippen molar-refractivity contribution in [2.75, 3.05) is 19.8 Å². The molecule has 0 bridgehead atoms. The molecule has 0 radical (unpaired) electrons. The number of hydrogen-bond acceptors (Lipinski definition) is 25. The van der Waals surface area contributed by atoms with Crippen LogP contribution >= 0.6 is 0 Å². The summed E-state index contributed by atoms with van der Waals surface area (Å²) in [6.45, 7) is 20.4. The molecule has 30 atom stereocenters. The number of hydrogen-bond donors (Lipinski definition) is 13. The van der Waals surface area contributed by atoms with Crippen LogP contribution in [0.25, 0.3) is 0 Å². The molecule has 0 aromatic rings. The third-order valence-corrected chi connectivity index (χ3v) is 23.3. The summed E-state index contributed by atoms with van der Waals surface area (Å²) in [6.07, 6.45) is -28.5. The van der Waals surface area contributed by atoms with E-state index < -0.39 is 217 Å². The van der Waals surface area contributed by atoms with Gasteiger partial charge in [0.25, 0.3) is 0 Å². The van der Waals surface area contributed by atoms with Crippen molar-refractivity contribution in [2.45, 2.75) is 269 Å². The summed E-state index contributed by atoms with van der Waals surface area (Å²) < 4.78 is 61.1. The maximum atomic E-state index is 13.3. The quantitative estimate of drug-likeness (QED) is 0.0423. The number of rotatable bonds is 16. The molecule has 89 heavy (non-hydrogen) atoms. The number of fused-ring (bicyclic) bond motifs is 7. The molecule has 0 aromatic heterocycles. The molecule has 5 aliphatic carbocycles. The van der Waals surface area contributed by atoms with Gasteiger partial charge in [0.15, 0.2) is 43.5 Å². The summed E-state index contributed by atoms with van der Waals surface area (Å²) in [5, 5.41) is 146. The van der Waals surface area contributed by atoms with Gasteiger partial charge in [-0.1, -0.05) is 72.3 Å². The number of aliphatic hydroxyl groups excluding tert-OH is 12. The van der Waals surface area contributed by atoms with Gasteiger partial charge in [-0.3, -0.25) is 0 Å². The van der Waals surface area contributed by atoms with E-state index in [1.807, 2.05) is 27.7 Å². The van der Waals surface area contributed by atoms with E-state index in [9.17, 15) is 80.8 Å². The summed E-state index contributed by atoms with van der Waals surface area (Å²) >= 11 is 0. The van der Waals surface area contributed by atoms with Crippen LogP contribution in [0.1, 0.15) is 128 Å². The molecule has 26 heteroatoms. The van der Waals surface area contributed by atoms with Gasteiger partial charge in [0, 0.05) is 11.1 Å². The Balaban J connectivity index is 0.986. The van der Waals surface area contributed by atoms with Gasteiger partial charge >= 0.3 is 17.9 Å². The number of carboxylic acid groups (broad SMARTS) is 1. The van der Waals surface area contributed by atoms with Crippen LogP contribution < -0.4 is 0 Å². The largest absolute Gasteiger partial charge is 0.479 e. The second-order valence-corrected chi connectivity index (χ2v) is 28.8. The van der Waals surface area contributed by atoms with E-state index >= 15 is 0 Å². The number of carbonyl (C=O) groups excluding carboxylic acids is 2. The van der Waals surface area contributed by atoms with E-state index in [1.165, 1.54) is 13.0 Å². The Labute approximate surface area is 518 Å². The topological polar surface area (TPSA) is 407 Å². The zero-order valence-electron chi connectivity index (χ0n) is 52.9. The van der Waals surface area contributed by atoms with Crippen molar-refractivity contribution in [3.63, 3.8) is 0 Å². The smallest absolute Gasteiger partial charge is 0.335 e. The molecule has 0 amide bonds. The van der Waals surface area contributed by atoms with Crippen LogP contribution in [-0.4, -0.2) is 245 Å². The molecule has 9 aliphatic rings. The van der Waals surface area contributed by atoms with E-state index in [0.717, 1.165) is 5.57 Å². The van der Waals surface area contributed by atoms with E-state index in [-0.39, 0.29) is 29.4 Å². The lowest BCUT2D eigenvalue weighted by Crippen LogP contribution is -2.72. The lowest BCUT2D eigenvalue weighted by Gasteiger charge is -2.72. The Hall–Kier alpha value is -3.17. The average molecular weight is 1270 g/mol. The molecule has 9 rings (SSSR count). The van der Waals surface area contributed by atoms with Crippen LogP contribution in [0, 0.1) is 50.2 Å². The van der Waals surface area contributed by atoms with Gasteiger partial charge in [-0.2, -0.15) is 0 Å². The predicted octanol–water partition coefficient (Wildman–Crippen LogP) is 0.144. The Morgan fingerprint density at radius 1 is 0.607 bits per heavy atom. The monoisotopic (exact) mass is 1270 g/mol. The molecule has 26 nitrogen and oxygen atoms in total. The first-order valence-electron chi connectivity index (χ1n) is 31.4. The van der Waals surface area contributed by atoms with Gasteiger partial charge in [-0.15, -0.1) is 0 Å². The van der Waals surface area contributed by atoms with Gasteiger partial charge in [0.05, 0.1) is 55.8 Å². The molecular weight excluding hydrogens is 1170 g/mol. The number of aliphatic carboxylic acids is 1. The predicted molar refractivity (Wildman–Crippen MR) is 307 cm³/mol. The molecule has 0 aromatic carbocycles. The summed E-state index contributed by atoms with van der Waals surface area (Å²) in [4.78, 5) is 39.3. The highest BCUT2D eigenvalue weighted by molar-refractivity contribution is 5.88. The SMILES string of the molecule is C/C=C(/C)C(=O)OC1[C@@H](OC(=O)/C(C)=C\C)C(C)O[C@@H](O[C@H]2[C@H](O)[C@@]3(CO)C(CC2(C)C)C2=CCC4[C@@]5(C)CC[C@H](O[C@@H]6OC(C(=O)O)[C@@H](O)C(O[C@@H]7O[C@@H](CO)C(O)[C@@H]7O)[C@@H]6O[C@@H]6OC(CO)[C@H](O)C(O)[C@@H]6O)C(C)(C)C5CC[C@@]4(C)[C@]2(C)C[C@H]3O)[C@H]1O. The van der Waals surface area contributed by atoms with Crippen molar-refractivity contribution in [3.05, 3.63) is 34.9 Å². The van der Waals surface area contributed by atoms with Crippen molar-refractivity contribution in [2.24, 2.45) is 50.2 Å². The fourth-order valence-electron chi connectivity index (χ4n) is 17.6. The molecule has 0 spiro atoms. The van der Waals surface area contributed by atoms with Gasteiger partial charge < -0.3 is 114 Å². The van der Waals surface area contributed by atoms with Crippen molar-refractivity contribution in [1.82, 2.24) is 0 Å². The molecule has 4 aliphatic heterocycles. The van der Waals surface area contributed by atoms with Crippen molar-refractivity contribution in [1.29, 1.82) is 0 Å². The van der Waals surface area contributed by atoms with Crippen LogP contribution in [0.4, 0.5) is 0 Å². The summed E-state index contributed by atoms with van der Waals surface area (Å²) in [6, 6.07) is 0. The van der Waals surface area contributed by atoms with Crippen LogP contribution in [0.15, 0.2) is 34.9 Å². The average Bonchev–Trinajstić information content (AvgIpc) is 0.919. The van der Waals surface area contributed by atoms with Crippen LogP contribution in [-0.2, 0) is 61.8 Å². The second kappa shape index (κ2) is 25.9. The number of carboxylic acids is 1. The number of aliphatic hydroxyl groups is 12. The minimum absolute atomic E-state index is 0.0156. The van der Waals surface area contributed by atoms with Crippen LogP contribution in [0.5, 0.6) is 0 Å². The van der Waals surface area contributed by atoms with Crippen LogP contribution in [0.2, 0.25) is 0 Å². The van der Waals surface area contributed by atoms with Crippen LogP contribution in [0.3, 0.4) is 0 Å². The lowest BCUT2D eigenvalue weighted by atomic mass is 9.33. The van der Waals surface area contributed by atoms with E-state index in [4.69, 9.17) is 47.4 Å². The molecule has 10 unspecified atom stereocenters. The zero-order chi connectivity index (χ0) is 65.7. The minimum atomic E-state index is -2.12. The Bertz CT molecular complexity index is 2660. The summed E-state index contributed by atoms with van der Waals surface area (Å²) in [7, 11) is 0. The summed E-state index contributed by atoms with van der Waals surface area (Å²) in [5.74, 6) is -3.81. The Morgan fingerprint density at radius 3 is 1.72 bits per heavy atom. The van der Waals surface area contributed by atoms with Gasteiger partial charge in [-0.05, 0) is 124 Å². The van der Waals surface area contributed by atoms with Gasteiger partial charge in [0.1, 0.15) is 67.1 Å². The first-order chi connectivity index (χ1) is 41.6. The lowest BCUT2D eigenvalue weighted by molar-refractivity contribution is -0.386. The number of carbonyl (C=O) groups is 3. The third-order valence-electron chi connectivity index (χ3n) is 23.3. The fraction of sp³-hybridized carbons (Fsp3) is 0.857. The molecule has 506 valence electrons. The standard InChI is InChI=1S/C63H98O26/c1-13-26(3)52(78)84-44-28(5)80-56(43(74)46(44)85-53(79)27(4)14-2)89-50-49(75)63(25-66)30(21-58(50,6)7)29-15-16-34-60(10)19-18-36(59(8,9)33(60)17-20-61(34,11)62(29,12)22-35(63)67)83-57-48(88-55-41(72)39(70)37(68)31(23-64)81-55)45(42(73)47(87-57)51(76)77)86-54-40(71)38(69)32(24-65)82-54/h13-15,28,30-50,54-57,64-75H,16-25H2,1-12H3,(H,76,77)/b26-13-,27-14-/t28?,30?,31?,32-,33?,34?,35+,36-,37-,38?,39?,40-,41-,42-,43-,44-,45?,46?,47?,48-,49-,50-,54-,55-,56-,57+,60-,61+,62+,63-/m0/s1. The Morgan fingerprint density at radius 2 is 1.16 bits per heavy atom. The first-order valence-corrected chi connectivity index (χ1v) is 31.4. The molecule has 4 heterocycles. The minimum Gasteiger partial charge on any atom is -0.479 e. The second-order valence-electron chi connectivity index (χ2n) is 28.8. The highest BCUT2D eigenvalue weighted by Gasteiger charge is 2.73. The highest BCUT2D eigenvalue weighted by Crippen LogP contribution is 2.76. The van der Waals surface area contributed by atoms with Crippen molar-refractivity contribution >= 4 is 17.9 Å². The van der Waals surface area contributed by atoms with Gasteiger partial charge in [0.2, 0.25) is 0 Å². The number of esters is 2. The van der Waals surface area contributed by atoms with Crippen molar-refractivity contribution < 1.29 is 128 Å².